The Morgan fingerprint density at radius 3 is 1.46 bits per heavy atom. The molecule has 0 rings (SSSR count). The molecule has 4 heteroatoms. The van der Waals surface area contributed by atoms with Crippen LogP contribution in [-0.2, 0) is 35.7 Å². The molecule has 0 aromatic carbocycles. The summed E-state index contributed by atoms with van der Waals surface area (Å²) in [5, 5.41) is 9.15. The van der Waals surface area contributed by atoms with E-state index in [9.17, 15) is 4.79 Å². The topological polar surface area (TPSA) is 46.5 Å². The molecule has 1 atom stereocenters. The van der Waals surface area contributed by atoms with Crippen LogP contribution in [0.1, 0.15) is 123 Å². The molecular weight excluding hydrogens is 403 g/mol. The molecule has 1 N–H and O–H groups in total. The van der Waals surface area contributed by atoms with Crippen molar-refractivity contribution in [3.05, 3.63) is 0 Å². The Kier molecular flexibility index (Phi) is 25.6. The third-order valence-electron chi connectivity index (χ3n) is 4.91. The second-order valence-corrected chi connectivity index (χ2v) is 7.44. The van der Waals surface area contributed by atoms with Crippen molar-refractivity contribution in [2.45, 2.75) is 129 Å². The third-order valence-corrected chi connectivity index (χ3v) is 4.91. The summed E-state index contributed by atoms with van der Waals surface area (Å²) in [5.41, 5.74) is 0. The van der Waals surface area contributed by atoms with Crippen LogP contribution in [0.5, 0.6) is 0 Å². The molecule has 0 amide bonds. The number of rotatable bonds is 20. The van der Waals surface area contributed by atoms with Gasteiger partial charge in [-0.15, -0.1) is 0 Å². The monoisotopic (exact) mass is 446 g/mol. The average Bonchev–Trinajstić information content (AvgIpc) is 2.60. The summed E-state index contributed by atoms with van der Waals surface area (Å²) >= 11 is 0. The molecule has 3 nitrogen and oxygen atoms in total. The maximum absolute atomic E-state index is 11.1. The first-order valence-electron chi connectivity index (χ1n) is 11.1. The third kappa shape index (κ3) is 20.6. The summed E-state index contributed by atoms with van der Waals surface area (Å²) in [4.78, 5) is 11.1. The molecule has 0 aliphatic heterocycles. The van der Waals surface area contributed by atoms with Gasteiger partial charge in [0.25, 0.3) is 0 Å². The summed E-state index contributed by atoms with van der Waals surface area (Å²) in [7, 11) is 0. The van der Waals surface area contributed by atoms with Gasteiger partial charge < -0.3 is 9.84 Å². The molecule has 0 heterocycles. The van der Waals surface area contributed by atoms with Crippen molar-refractivity contribution in [2.24, 2.45) is 0 Å². The predicted molar refractivity (Wildman–Crippen MR) is 107 cm³/mol. The molecule has 26 heavy (non-hydrogen) atoms. The van der Waals surface area contributed by atoms with Crippen LogP contribution in [0.15, 0.2) is 0 Å². The van der Waals surface area contributed by atoms with E-state index in [1.807, 2.05) is 0 Å². The zero-order valence-electron chi connectivity index (χ0n) is 17.6. The molecule has 0 aliphatic rings. The SMILES string of the molecule is CCCCCCCCCCCCCCCCC(OCCCC)C(=O)O.[Zr]. The number of carboxylic acids is 1. The van der Waals surface area contributed by atoms with E-state index in [0.717, 1.165) is 25.7 Å². The maximum Gasteiger partial charge on any atom is 0.332 e. The minimum Gasteiger partial charge on any atom is -0.479 e. The molecule has 0 aromatic rings. The van der Waals surface area contributed by atoms with Crippen LogP contribution in [-0.4, -0.2) is 23.8 Å². The van der Waals surface area contributed by atoms with Crippen molar-refractivity contribution < 1.29 is 40.8 Å². The molecule has 0 bridgehead atoms. The number of ether oxygens (including phenoxy) is 1. The van der Waals surface area contributed by atoms with E-state index in [0.29, 0.717) is 13.0 Å². The van der Waals surface area contributed by atoms with E-state index in [1.54, 1.807) is 0 Å². The fourth-order valence-corrected chi connectivity index (χ4v) is 3.17. The first-order valence-corrected chi connectivity index (χ1v) is 11.1. The fraction of sp³-hybridized carbons (Fsp3) is 0.955. The van der Waals surface area contributed by atoms with E-state index in [4.69, 9.17) is 9.84 Å². The molecule has 1 unspecified atom stereocenters. The van der Waals surface area contributed by atoms with Crippen molar-refractivity contribution >= 4 is 5.97 Å². The number of hydrogen-bond donors (Lipinski definition) is 1. The smallest absolute Gasteiger partial charge is 0.332 e. The quantitative estimate of drug-likeness (QED) is 0.202. The predicted octanol–water partition coefficient (Wildman–Crippen LogP) is 7.13. The van der Waals surface area contributed by atoms with Gasteiger partial charge in [0, 0.05) is 32.8 Å². The number of unbranched alkanes of at least 4 members (excludes halogenated alkanes) is 14. The maximum atomic E-state index is 11.1. The first kappa shape index (κ1) is 28.5. The summed E-state index contributed by atoms with van der Waals surface area (Å²) in [6, 6.07) is 0. The largest absolute Gasteiger partial charge is 0.479 e. The molecule has 0 saturated heterocycles. The normalized spacial score (nSPS) is 11.9. The Morgan fingerprint density at radius 2 is 1.08 bits per heavy atom. The van der Waals surface area contributed by atoms with Crippen LogP contribution in [0, 0.1) is 0 Å². The van der Waals surface area contributed by atoms with Gasteiger partial charge in [-0.1, -0.05) is 110 Å². The number of carboxylic acid groups (broad SMARTS) is 1. The van der Waals surface area contributed by atoms with Gasteiger partial charge in [0.2, 0.25) is 0 Å². The Hall–Kier alpha value is 0.313. The van der Waals surface area contributed by atoms with Crippen LogP contribution in [0.2, 0.25) is 0 Å². The van der Waals surface area contributed by atoms with Crippen molar-refractivity contribution in [3.63, 3.8) is 0 Å². The Bertz CT molecular complexity index is 285. The Morgan fingerprint density at radius 1 is 0.692 bits per heavy atom. The van der Waals surface area contributed by atoms with Crippen LogP contribution in [0.25, 0.3) is 0 Å². The minimum absolute atomic E-state index is 0. The molecule has 0 aliphatic carbocycles. The van der Waals surface area contributed by atoms with Gasteiger partial charge in [-0.05, 0) is 12.8 Å². The summed E-state index contributed by atoms with van der Waals surface area (Å²) < 4.78 is 5.46. The fourth-order valence-electron chi connectivity index (χ4n) is 3.17. The average molecular weight is 448 g/mol. The van der Waals surface area contributed by atoms with Gasteiger partial charge in [-0.25, -0.2) is 4.79 Å². The van der Waals surface area contributed by atoms with Gasteiger partial charge in [-0.3, -0.25) is 0 Å². The Labute approximate surface area is 182 Å². The second-order valence-electron chi connectivity index (χ2n) is 7.44. The number of aliphatic carboxylic acids is 1. The Balaban J connectivity index is 0. The van der Waals surface area contributed by atoms with E-state index < -0.39 is 12.1 Å². The summed E-state index contributed by atoms with van der Waals surface area (Å²) in [6.45, 7) is 4.94. The first-order chi connectivity index (χ1) is 12.2. The van der Waals surface area contributed by atoms with Crippen molar-refractivity contribution in [2.75, 3.05) is 6.61 Å². The molecule has 0 spiro atoms. The van der Waals surface area contributed by atoms with E-state index >= 15 is 0 Å². The van der Waals surface area contributed by atoms with E-state index in [1.165, 1.54) is 77.0 Å². The van der Waals surface area contributed by atoms with Crippen molar-refractivity contribution in [1.82, 2.24) is 0 Å². The van der Waals surface area contributed by atoms with Gasteiger partial charge in [0.1, 0.15) is 0 Å². The van der Waals surface area contributed by atoms with Crippen LogP contribution in [0.4, 0.5) is 0 Å². The van der Waals surface area contributed by atoms with Gasteiger partial charge >= 0.3 is 5.97 Å². The second kappa shape index (κ2) is 23.4. The zero-order valence-corrected chi connectivity index (χ0v) is 20.0. The number of carbonyl (C=O) groups is 1. The van der Waals surface area contributed by atoms with Crippen LogP contribution >= 0.6 is 0 Å². The van der Waals surface area contributed by atoms with Gasteiger partial charge in [-0.2, -0.15) is 0 Å². The van der Waals surface area contributed by atoms with Gasteiger partial charge in [0.15, 0.2) is 6.10 Å². The summed E-state index contributed by atoms with van der Waals surface area (Å²) in [5.74, 6) is -0.800. The number of hydrogen-bond acceptors (Lipinski definition) is 2. The molecule has 0 radical (unpaired) electrons. The van der Waals surface area contributed by atoms with Crippen molar-refractivity contribution in [3.8, 4) is 0 Å². The molecule has 0 fully saturated rings. The van der Waals surface area contributed by atoms with Crippen LogP contribution < -0.4 is 0 Å². The zero-order chi connectivity index (χ0) is 18.6. The minimum atomic E-state index is -0.800. The van der Waals surface area contributed by atoms with Crippen molar-refractivity contribution in [1.29, 1.82) is 0 Å². The molecule has 154 valence electrons. The van der Waals surface area contributed by atoms with Gasteiger partial charge in [0.05, 0.1) is 0 Å². The molecule has 0 aromatic heterocycles. The standard InChI is InChI=1S/C22H44O3.Zr/c1-3-5-7-8-9-10-11-12-13-14-15-16-17-18-19-21(22(23)24)25-20-6-4-2;/h21H,3-20H2,1-2H3,(H,23,24);. The van der Waals surface area contributed by atoms with E-state index in [-0.39, 0.29) is 26.2 Å². The molecular formula is C22H44O3Zr. The molecule has 0 saturated carbocycles. The van der Waals surface area contributed by atoms with Crippen LogP contribution in [0.3, 0.4) is 0 Å². The van der Waals surface area contributed by atoms with E-state index in [2.05, 4.69) is 13.8 Å². The summed E-state index contributed by atoms with van der Waals surface area (Å²) in [6.07, 6.45) is 20.6.